The van der Waals surface area contributed by atoms with Crippen LogP contribution in [0.1, 0.15) is 20.3 Å². The summed E-state index contributed by atoms with van der Waals surface area (Å²) in [5.41, 5.74) is 17.4. The Balaban J connectivity index is 1.42. The molecule has 0 saturated heterocycles. The van der Waals surface area contributed by atoms with E-state index in [1.54, 1.807) is 0 Å². The van der Waals surface area contributed by atoms with Crippen LogP contribution in [0.25, 0.3) is 66.8 Å². The maximum Gasteiger partial charge on any atom is 0.179 e. The minimum Gasteiger partial charge on any atom is -0.0776 e. The summed E-state index contributed by atoms with van der Waals surface area (Å²) < 4.78 is 0. The van der Waals surface area contributed by atoms with Crippen LogP contribution < -0.4 is 15.6 Å². The van der Waals surface area contributed by atoms with E-state index in [-0.39, 0.29) is 0 Å². The van der Waals surface area contributed by atoms with E-state index in [9.17, 15) is 0 Å². The molecule has 0 radical (unpaired) electrons. The molecule has 10 rings (SSSR count). The summed E-state index contributed by atoms with van der Waals surface area (Å²) in [7, 11) is -3.29. The topological polar surface area (TPSA) is 0 Å². The van der Waals surface area contributed by atoms with E-state index in [4.69, 9.17) is 0 Å². The predicted octanol–water partition coefficient (Wildman–Crippen LogP) is 14.4. The zero-order chi connectivity index (χ0) is 41.9. The van der Waals surface area contributed by atoms with Crippen LogP contribution in [0.5, 0.6) is 0 Å². The fraction of sp³-hybridized carbons (Fsp3) is 0.0492. The fourth-order valence-electron chi connectivity index (χ4n) is 9.71. The molecule has 0 aromatic heterocycles. The molecule has 0 N–H and O–H groups in total. The second-order valence-corrected chi connectivity index (χ2v) is 20.3. The molecule has 0 amide bonds. The number of benzene rings is 9. The van der Waals surface area contributed by atoms with Crippen LogP contribution in [0.4, 0.5) is 0 Å². The summed E-state index contributed by atoms with van der Waals surface area (Å²) >= 11 is 0. The third-order valence-electron chi connectivity index (χ3n) is 12.7. The van der Waals surface area contributed by atoms with Crippen molar-refractivity contribution in [3.05, 3.63) is 259 Å². The van der Waals surface area contributed by atoms with Gasteiger partial charge in [0.05, 0.1) is 0 Å². The SMILES string of the molecule is CC1=CCC(C)=C1[Si](c1cc(-c2ccccc2)cc(-c2ccccc2)c1)(c1cc(-c2ccccc2)cc(-c2ccccc2)c1)c1cc(-c2ccccc2)cc(-c2ccccc2)c1. The van der Waals surface area contributed by atoms with E-state index >= 15 is 0 Å². The van der Waals surface area contributed by atoms with Crippen molar-refractivity contribution in [3.63, 3.8) is 0 Å². The molecule has 0 spiro atoms. The lowest BCUT2D eigenvalue weighted by molar-refractivity contribution is 1.24. The molecule has 0 unspecified atom stereocenters. The van der Waals surface area contributed by atoms with E-state index in [1.165, 1.54) is 98.7 Å². The molecule has 0 saturated carbocycles. The minimum atomic E-state index is -3.29. The van der Waals surface area contributed by atoms with Crippen molar-refractivity contribution in [2.45, 2.75) is 20.3 Å². The molecule has 0 nitrogen and oxygen atoms in total. The fourth-order valence-corrected chi connectivity index (χ4v) is 15.2. The van der Waals surface area contributed by atoms with Crippen LogP contribution in [0.3, 0.4) is 0 Å². The second-order valence-electron chi connectivity index (χ2n) is 16.6. The van der Waals surface area contributed by atoms with Gasteiger partial charge in [-0.15, -0.1) is 0 Å². The lowest BCUT2D eigenvalue weighted by atomic mass is 9.98. The van der Waals surface area contributed by atoms with Crippen molar-refractivity contribution < 1.29 is 0 Å². The van der Waals surface area contributed by atoms with Gasteiger partial charge in [-0.3, -0.25) is 0 Å². The summed E-state index contributed by atoms with van der Waals surface area (Å²) in [5, 5.41) is 5.61. The largest absolute Gasteiger partial charge is 0.179 e. The predicted molar refractivity (Wildman–Crippen MR) is 268 cm³/mol. The van der Waals surface area contributed by atoms with E-state index in [0.29, 0.717) is 0 Å². The smallest absolute Gasteiger partial charge is 0.0776 e. The molecule has 62 heavy (non-hydrogen) atoms. The molecular weight excluding hydrogens is 761 g/mol. The standard InChI is InChI=1S/C61H48Si/c1-44-33-34-45(2)61(44)62(58-38-52(46-21-9-3-10-22-46)35-53(39-58)47-23-11-4-12-24-47,59-40-54(48-25-13-5-14-26-48)36-55(41-59)49-27-15-6-16-28-49)60-42-56(50-29-17-7-18-30-50)37-57(43-60)51-31-19-8-20-32-51/h3-33,35-43H,34H2,1-2H3. The first-order valence-corrected chi connectivity index (χ1v) is 23.7. The third-order valence-corrected chi connectivity index (χ3v) is 17.7. The number of hydrogen-bond acceptors (Lipinski definition) is 0. The average Bonchev–Trinajstić information content (AvgIpc) is 3.69. The lowest BCUT2D eigenvalue weighted by Gasteiger charge is -2.39. The van der Waals surface area contributed by atoms with Crippen LogP contribution in [0.2, 0.25) is 0 Å². The minimum absolute atomic E-state index is 0.938. The van der Waals surface area contributed by atoms with E-state index in [0.717, 1.165) is 6.42 Å². The highest BCUT2D eigenvalue weighted by molar-refractivity contribution is 7.17. The Morgan fingerprint density at radius 3 is 0.694 bits per heavy atom. The molecule has 0 aliphatic heterocycles. The number of hydrogen-bond donors (Lipinski definition) is 0. The number of allylic oxidation sites excluding steroid dienone is 4. The van der Waals surface area contributed by atoms with Crippen molar-refractivity contribution >= 4 is 23.6 Å². The van der Waals surface area contributed by atoms with Crippen LogP contribution in [0, 0.1) is 0 Å². The highest BCUT2D eigenvalue weighted by Gasteiger charge is 2.47. The molecule has 1 aliphatic rings. The van der Waals surface area contributed by atoms with Crippen molar-refractivity contribution in [1.29, 1.82) is 0 Å². The van der Waals surface area contributed by atoms with Gasteiger partial charge >= 0.3 is 0 Å². The lowest BCUT2D eigenvalue weighted by Crippen LogP contribution is -2.69. The molecule has 0 heterocycles. The summed E-state index contributed by atoms with van der Waals surface area (Å²) in [4.78, 5) is 0. The summed E-state index contributed by atoms with van der Waals surface area (Å²) in [5.74, 6) is 0. The van der Waals surface area contributed by atoms with Gasteiger partial charge in [0.1, 0.15) is 0 Å². The van der Waals surface area contributed by atoms with Crippen molar-refractivity contribution in [2.24, 2.45) is 0 Å². The molecule has 9 aromatic carbocycles. The normalized spacial score (nSPS) is 12.6. The van der Waals surface area contributed by atoms with Gasteiger partial charge in [0.25, 0.3) is 0 Å². The first-order chi connectivity index (χ1) is 30.5. The molecule has 1 heteroatoms. The zero-order valence-electron chi connectivity index (χ0n) is 35.3. The van der Waals surface area contributed by atoms with Gasteiger partial charge in [0.2, 0.25) is 0 Å². The van der Waals surface area contributed by atoms with E-state index < -0.39 is 8.07 Å². The zero-order valence-corrected chi connectivity index (χ0v) is 36.3. The van der Waals surface area contributed by atoms with E-state index in [1.807, 2.05) is 0 Å². The molecule has 1 aliphatic carbocycles. The Kier molecular flexibility index (Phi) is 10.6. The molecular formula is C61H48Si. The van der Waals surface area contributed by atoms with Crippen molar-refractivity contribution in [1.82, 2.24) is 0 Å². The van der Waals surface area contributed by atoms with E-state index in [2.05, 4.69) is 257 Å². The molecule has 9 aromatic rings. The summed E-state index contributed by atoms with van der Waals surface area (Å²) in [6.07, 6.45) is 3.41. The monoisotopic (exact) mass is 808 g/mol. The van der Waals surface area contributed by atoms with Gasteiger partial charge in [0, 0.05) is 0 Å². The Bertz CT molecular complexity index is 2580. The van der Waals surface area contributed by atoms with Crippen LogP contribution >= 0.6 is 0 Å². The van der Waals surface area contributed by atoms with Crippen LogP contribution in [-0.4, -0.2) is 8.07 Å². The first-order valence-electron chi connectivity index (χ1n) is 21.7. The Hall–Kier alpha value is -7.32. The van der Waals surface area contributed by atoms with Gasteiger partial charge in [-0.25, -0.2) is 0 Å². The second kappa shape index (κ2) is 17.0. The maximum absolute atomic E-state index is 3.29. The van der Waals surface area contributed by atoms with Crippen molar-refractivity contribution in [2.75, 3.05) is 0 Å². The van der Waals surface area contributed by atoms with Crippen LogP contribution in [0.15, 0.2) is 259 Å². The molecule has 0 fully saturated rings. The third kappa shape index (κ3) is 7.42. The molecule has 0 atom stereocenters. The average molecular weight is 809 g/mol. The molecule has 0 bridgehead atoms. The highest BCUT2D eigenvalue weighted by atomic mass is 28.3. The highest BCUT2D eigenvalue weighted by Crippen LogP contribution is 2.39. The summed E-state index contributed by atoms with van der Waals surface area (Å²) in [6, 6.07) is 88.3. The maximum atomic E-state index is 2.55. The summed E-state index contributed by atoms with van der Waals surface area (Å²) in [6.45, 7) is 4.76. The van der Waals surface area contributed by atoms with Crippen LogP contribution in [-0.2, 0) is 0 Å². The number of rotatable bonds is 10. The Morgan fingerprint density at radius 2 is 0.500 bits per heavy atom. The first kappa shape index (κ1) is 38.9. The quantitative estimate of drug-likeness (QED) is 0.0954. The Labute approximate surface area is 367 Å². The van der Waals surface area contributed by atoms with Gasteiger partial charge in [-0.2, -0.15) is 0 Å². The van der Waals surface area contributed by atoms with Gasteiger partial charge in [-0.05, 0) is 126 Å². The van der Waals surface area contributed by atoms with Crippen molar-refractivity contribution in [3.8, 4) is 66.8 Å². The molecule has 296 valence electrons. The Morgan fingerprint density at radius 1 is 0.274 bits per heavy atom. The van der Waals surface area contributed by atoms with Gasteiger partial charge in [0.15, 0.2) is 8.07 Å². The van der Waals surface area contributed by atoms with Gasteiger partial charge in [-0.1, -0.05) is 236 Å². The van der Waals surface area contributed by atoms with Gasteiger partial charge < -0.3 is 0 Å².